The number of fused-ring (bicyclic) bond motifs is 2. The summed E-state index contributed by atoms with van der Waals surface area (Å²) in [5, 5.41) is 19.6. The Morgan fingerprint density at radius 2 is 1.28 bits per heavy atom. The molecule has 0 aliphatic carbocycles. The Morgan fingerprint density at radius 1 is 0.681 bits per heavy atom. The molecule has 2 aliphatic heterocycles. The van der Waals surface area contributed by atoms with Gasteiger partial charge in [-0.1, -0.05) is 98.8 Å². The molecule has 6 heteroatoms. The van der Waals surface area contributed by atoms with E-state index in [4.69, 9.17) is 0 Å². The van der Waals surface area contributed by atoms with Crippen molar-refractivity contribution in [3.63, 3.8) is 0 Å². The molecule has 2 heterocycles. The Labute approximate surface area is 276 Å². The molecule has 0 unspecified atom stereocenters. The van der Waals surface area contributed by atoms with Gasteiger partial charge in [-0.05, 0) is 72.0 Å². The van der Waals surface area contributed by atoms with Crippen molar-refractivity contribution in [1.29, 1.82) is 0 Å². The van der Waals surface area contributed by atoms with E-state index in [9.17, 15) is 19.8 Å². The van der Waals surface area contributed by atoms with Crippen molar-refractivity contribution in [1.82, 2.24) is 0 Å². The van der Waals surface area contributed by atoms with E-state index < -0.39 is 22.8 Å². The van der Waals surface area contributed by atoms with Crippen molar-refractivity contribution in [2.24, 2.45) is 0 Å². The molecule has 0 bridgehead atoms. The number of carbonyl (C=O) groups is 2. The monoisotopic (exact) mass is 623 g/mol. The van der Waals surface area contributed by atoms with E-state index in [1.54, 1.807) is 0 Å². The van der Waals surface area contributed by atoms with Gasteiger partial charge in [0.2, 0.25) is 12.2 Å². The second kappa shape index (κ2) is 12.4. The third-order valence-corrected chi connectivity index (χ3v) is 9.32. The van der Waals surface area contributed by atoms with Crippen molar-refractivity contribution < 1.29 is 24.4 Å². The van der Waals surface area contributed by atoms with E-state index in [2.05, 4.69) is 64.1 Å². The van der Waals surface area contributed by atoms with Crippen LogP contribution in [0, 0.1) is 0 Å². The van der Waals surface area contributed by atoms with Gasteiger partial charge in [0.25, 0.3) is 0 Å². The fourth-order valence-corrected chi connectivity index (χ4v) is 6.94. The standard InChI is InChI=1S/C41H38N2O4/c1-40(2)32-24-30(28-14-8-5-9-15-28)20-22-34(32)42(26-38(44)45)36(40)18-12-7-13-19-37-41(3,4)33-25-31(29-16-10-6-11-17-29)21-23-35(33)43(37)27-39(46)47/h5-25H,26-27H2,1-4H3,(H-,44,45,46,47)/p+1. The van der Waals surface area contributed by atoms with Crippen LogP contribution in [-0.4, -0.2) is 45.5 Å². The fourth-order valence-electron chi connectivity index (χ4n) is 6.94. The van der Waals surface area contributed by atoms with Gasteiger partial charge in [0.1, 0.15) is 6.54 Å². The Balaban J connectivity index is 1.31. The van der Waals surface area contributed by atoms with Crippen LogP contribution in [0.3, 0.4) is 0 Å². The summed E-state index contributed by atoms with van der Waals surface area (Å²) in [5.41, 5.74) is 9.29. The highest BCUT2D eigenvalue weighted by Gasteiger charge is 2.45. The molecule has 0 radical (unpaired) electrons. The summed E-state index contributed by atoms with van der Waals surface area (Å²) in [7, 11) is 0. The summed E-state index contributed by atoms with van der Waals surface area (Å²) in [6.45, 7) is 8.21. The van der Waals surface area contributed by atoms with Crippen LogP contribution in [-0.2, 0) is 20.4 Å². The molecular formula is C41H39N2O4+. The van der Waals surface area contributed by atoms with Gasteiger partial charge in [-0.15, -0.1) is 0 Å². The van der Waals surface area contributed by atoms with E-state index in [1.807, 2.05) is 101 Å². The molecule has 4 aromatic carbocycles. The Bertz CT molecular complexity index is 1980. The van der Waals surface area contributed by atoms with Crippen LogP contribution < -0.4 is 4.90 Å². The number of allylic oxidation sites excluding steroid dienone is 6. The second-order valence-electron chi connectivity index (χ2n) is 13.1. The largest absolute Gasteiger partial charge is 0.480 e. The van der Waals surface area contributed by atoms with Crippen molar-refractivity contribution in [3.05, 3.63) is 144 Å². The number of hydrogen-bond acceptors (Lipinski definition) is 3. The van der Waals surface area contributed by atoms with Crippen molar-refractivity contribution in [2.75, 3.05) is 18.0 Å². The fraction of sp³-hybridized carbons (Fsp3) is 0.195. The molecule has 236 valence electrons. The number of benzene rings is 4. The first-order valence-electron chi connectivity index (χ1n) is 15.8. The molecule has 0 amide bonds. The highest BCUT2D eigenvalue weighted by atomic mass is 16.4. The van der Waals surface area contributed by atoms with Crippen molar-refractivity contribution >= 4 is 29.0 Å². The Morgan fingerprint density at radius 3 is 1.87 bits per heavy atom. The van der Waals surface area contributed by atoms with Gasteiger partial charge >= 0.3 is 11.9 Å². The quantitative estimate of drug-likeness (QED) is 0.145. The lowest BCUT2D eigenvalue weighted by Crippen LogP contribution is -2.30. The molecule has 2 aliphatic rings. The van der Waals surface area contributed by atoms with E-state index in [0.717, 1.165) is 56.2 Å². The van der Waals surface area contributed by atoms with Gasteiger partial charge in [0.05, 0.1) is 5.41 Å². The average Bonchev–Trinajstić information content (AvgIpc) is 3.38. The molecule has 0 aromatic heterocycles. The van der Waals surface area contributed by atoms with E-state index in [1.165, 1.54) is 0 Å². The summed E-state index contributed by atoms with van der Waals surface area (Å²) in [5.74, 6) is -1.80. The van der Waals surface area contributed by atoms with Gasteiger partial charge in [-0.3, -0.25) is 4.79 Å². The van der Waals surface area contributed by atoms with Gasteiger partial charge in [0.15, 0.2) is 5.71 Å². The maximum atomic E-state index is 11.9. The van der Waals surface area contributed by atoms with Gasteiger partial charge in [-0.25, -0.2) is 4.79 Å². The summed E-state index contributed by atoms with van der Waals surface area (Å²) >= 11 is 0. The van der Waals surface area contributed by atoms with E-state index in [-0.39, 0.29) is 13.1 Å². The van der Waals surface area contributed by atoms with E-state index in [0.29, 0.717) is 0 Å². The lowest BCUT2D eigenvalue weighted by atomic mass is 9.80. The topological polar surface area (TPSA) is 80.9 Å². The normalized spacial score (nSPS) is 17.1. The minimum Gasteiger partial charge on any atom is -0.480 e. The number of carboxylic acids is 2. The molecular weight excluding hydrogens is 584 g/mol. The predicted octanol–water partition coefficient (Wildman–Crippen LogP) is 8.36. The van der Waals surface area contributed by atoms with E-state index >= 15 is 0 Å². The summed E-state index contributed by atoms with van der Waals surface area (Å²) in [4.78, 5) is 25.8. The first-order chi connectivity index (χ1) is 22.5. The Hall–Kier alpha value is -5.49. The maximum Gasteiger partial charge on any atom is 0.370 e. The first kappa shape index (κ1) is 31.5. The molecule has 2 N–H and O–H groups in total. The molecule has 0 saturated heterocycles. The zero-order valence-electron chi connectivity index (χ0n) is 27.1. The maximum absolute atomic E-state index is 11.9. The van der Waals surface area contributed by atoms with Crippen LogP contribution in [0.4, 0.5) is 11.4 Å². The molecule has 0 spiro atoms. The van der Waals surface area contributed by atoms with Gasteiger partial charge in [0, 0.05) is 34.5 Å². The van der Waals surface area contributed by atoms with Crippen molar-refractivity contribution in [3.8, 4) is 22.3 Å². The van der Waals surface area contributed by atoms with Crippen LogP contribution >= 0.6 is 0 Å². The van der Waals surface area contributed by atoms with Crippen LogP contribution in [0.2, 0.25) is 0 Å². The van der Waals surface area contributed by atoms with Crippen LogP contribution in [0.1, 0.15) is 38.8 Å². The highest BCUT2D eigenvalue weighted by molar-refractivity contribution is 6.04. The summed E-state index contributed by atoms with van der Waals surface area (Å²) in [6.07, 6.45) is 9.74. The highest BCUT2D eigenvalue weighted by Crippen LogP contribution is 2.49. The second-order valence-corrected chi connectivity index (χ2v) is 13.1. The molecule has 6 rings (SSSR count). The lowest BCUT2D eigenvalue weighted by Gasteiger charge is -2.25. The molecule has 6 nitrogen and oxygen atoms in total. The molecule has 0 fully saturated rings. The average molecular weight is 624 g/mol. The zero-order valence-corrected chi connectivity index (χ0v) is 27.1. The molecule has 0 atom stereocenters. The molecule has 0 saturated carbocycles. The minimum absolute atomic E-state index is 0.143. The van der Waals surface area contributed by atoms with Crippen LogP contribution in [0.5, 0.6) is 0 Å². The number of rotatable bonds is 9. The number of hydrogen-bond donors (Lipinski definition) is 2. The zero-order chi connectivity index (χ0) is 33.3. The smallest absolute Gasteiger partial charge is 0.370 e. The third-order valence-electron chi connectivity index (χ3n) is 9.32. The summed E-state index contributed by atoms with van der Waals surface area (Å²) < 4.78 is 1.88. The first-order valence-corrected chi connectivity index (χ1v) is 15.8. The predicted molar refractivity (Wildman–Crippen MR) is 189 cm³/mol. The van der Waals surface area contributed by atoms with Crippen LogP contribution in [0.25, 0.3) is 22.3 Å². The lowest BCUT2D eigenvalue weighted by molar-refractivity contribution is -0.428. The third kappa shape index (κ3) is 5.95. The Kier molecular flexibility index (Phi) is 8.29. The molecule has 4 aromatic rings. The number of carboxylic acid groups (broad SMARTS) is 2. The number of anilines is 1. The molecule has 47 heavy (non-hydrogen) atoms. The van der Waals surface area contributed by atoms with Crippen LogP contribution in [0.15, 0.2) is 133 Å². The van der Waals surface area contributed by atoms with Gasteiger partial charge < -0.3 is 15.1 Å². The summed E-state index contributed by atoms with van der Waals surface area (Å²) in [6, 6.07) is 32.8. The SMILES string of the molecule is CC1(C)C(/C=C/C=C/C=C2/N(CC(=O)O)c3ccc(-c4ccccc4)cc3C2(C)C)=[N+](CC(=O)O)c2ccc(-c3ccccc3)cc21. The number of aliphatic carboxylic acids is 2. The van der Waals surface area contributed by atoms with Gasteiger partial charge in [-0.2, -0.15) is 4.58 Å². The number of nitrogens with zero attached hydrogens (tertiary/aromatic N) is 2. The minimum atomic E-state index is -0.899. The van der Waals surface area contributed by atoms with Crippen molar-refractivity contribution in [2.45, 2.75) is 38.5 Å².